The first-order valence-electron chi connectivity index (χ1n) is 8.97. The average molecular weight is 385 g/mol. The van der Waals surface area contributed by atoms with Crippen LogP contribution in [0.25, 0.3) is 0 Å². The Morgan fingerprint density at radius 3 is 2.67 bits per heavy atom. The highest BCUT2D eigenvalue weighted by Gasteiger charge is 2.25. The van der Waals surface area contributed by atoms with Crippen molar-refractivity contribution in [1.82, 2.24) is 10.2 Å². The molecule has 27 heavy (non-hydrogen) atoms. The summed E-state index contributed by atoms with van der Waals surface area (Å²) >= 11 is 1.33. The van der Waals surface area contributed by atoms with Gasteiger partial charge in [-0.25, -0.2) is 0 Å². The Morgan fingerprint density at radius 1 is 1.26 bits per heavy atom. The predicted octanol–water partition coefficient (Wildman–Crippen LogP) is 3.88. The second-order valence-electron chi connectivity index (χ2n) is 6.73. The molecule has 1 amide bonds. The van der Waals surface area contributed by atoms with E-state index in [0.717, 1.165) is 23.3 Å². The number of amides is 1. The molecule has 1 unspecified atom stereocenters. The van der Waals surface area contributed by atoms with Crippen molar-refractivity contribution in [1.29, 1.82) is 0 Å². The molecule has 1 aliphatic rings. The van der Waals surface area contributed by atoms with Gasteiger partial charge in [0.05, 0.1) is 9.82 Å². The van der Waals surface area contributed by atoms with Gasteiger partial charge in [0.25, 0.3) is 11.6 Å². The van der Waals surface area contributed by atoms with Gasteiger partial charge in [-0.15, -0.1) is 0 Å². The average Bonchev–Trinajstić information content (AvgIpc) is 2.69. The van der Waals surface area contributed by atoms with E-state index in [-0.39, 0.29) is 17.6 Å². The molecule has 3 rings (SSSR count). The molecule has 1 aliphatic heterocycles. The molecule has 0 aromatic heterocycles. The fraction of sp³-hybridized carbons (Fsp3) is 0.350. The first-order chi connectivity index (χ1) is 13.0. The third-order valence-corrected chi connectivity index (χ3v) is 5.84. The summed E-state index contributed by atoms with van der Waals surface area (Å²) in [6, 6.07) is 12.9. The lowest BCUT2D eigenvalue weighted by molar-refractivity contribution is -0.387. The van der Waals surface area contributed by atoms with Gasteiger partial charge >= 0.3 is 0 Å². The molecule has 0 saturated carbocycles. The van der Waals surface area contributed by atoms with E-state index < -0.39 is 4.92 Å². The standard InChI is InChI=1S/C20H23N3O3S/c1-14-5-8-17(9-6-14)27-19-10-7-15(12-18(19)23(25)26)20(24)22-11-3-4-16(13-22)21-2/h5-10,12,16,21H,3-4,11,13H2,1-2H3. The lowest BCUT2D eigenvalue weighted by atomic mass is 10.0. The van der Waals surface area contributed by atoms with Crippen LogP contribution in [0.3, 0.4) is 0 Å². The molecule has 0 bridgehead atoms. The molecule has 1 heterocycles. The number of likely N-dealkylation sites (N-methyl/N-ethyl adjacent to an activating group) is 1. The van der Waals surface area contributed by atoms with Crippen molar-refractivity contribution >= 4 is 23.4 Å². The minimum absolute atomic E-state index is 0.0337. The quantitative estimate of drug-likeness (QED) is 0.624. The fourth-order valence-electron chi connectivity index (χ4n) is 3.19. The van der Waals surface area contributed by atoms with Crippen LogP contribution in [0.1, 0.15) is 28.8 Å². The third kappa shape index (κ3) is 4.67. The molecule has 1 atom stereocenters. The molecule has 0 aliphatic carbocycles. The highest BCUT2D eigenvalue weighted by atomic mass is 32.2. The number of carbonyl (C=O) groups is 1. The Hall–Kier alpha value is -2.38. The lowest BCUT2D eigenvalue weighted by Gasteiger charge is -2.32. The Labute approximate surface area is 163 Å². The summed E-state index contributed by atoms with van der Waals surface area (Å²) in [5, 5.41) is 14.8. The van der Waals surface area contributed by atoms with Gasteiger partial charge < -0.3 is 10.2 Å². The van der Waals surface area contributed by atoms with Crippen LogP contribution in [-0.4, -0.2) is 41.9 Å². The van der Waals surface area contributed by atoms with E-state index in [2.05, 4.69) is 5.32 Å². The number of piperidine rings is 1. The number of benzene rings is 2. The zero-order valence-corrected chi connectivity index (χ0v) is 16.3. The molecule has 7 heteroatoms. The molecule has 1 saturated heterocycles. The maximum absolute atomic E-state index is 12.8. The van der Waals surface area contributed by atoms with Crippen LogP contribution in [0.2, 0.25) is 0 Å². The van der Waals surface area contributed by atoms with Gasteiger partial charge in [0.2, 0.25) is 0 Å². The van der Waals surface area contributed by atoms with Crippen LogP contribution >= 0.6 is 11.8 Å². The van der Waals surface area contributed by atoms with Gasteiger partial charge in [-0.3, -0.25) is 14.9 Å². The summed E-state index contributed by atoms with van der Waals surface area (Å²) < 4.78 is 0. The van der Waals surface area contributed by atoms with E-state index in [9.17, 15) is 14.9 Å². The van der Waals surface area contributed by atoms with E-state index in [1.165, 1.54) is 17.8 Å². The predicted molar refractivity (Wildman–Crippen MR) is 106 cm³/mol. The van der Waals surface area contributed by atoms with E-state index >= 15 is 0 Å². The molecule has 1 fully saturated rings. The van der Waals surface area contributed by atoms with E-state index in [1.54, 1.807) is 17.0 Å². The number of carbonyl (C=O) groups excluding carboxylic acids is 1. The Balaban J connectivity index is 1.83. The van der Waals surface area contributed by atoms with Crippen molar-refractivity contribution in [2.45, 2.75) is 35.6 Å². The number of hydrogen-bond acceptors (Lipinski definition) is 5. The fourth-order valence-corrected chi connectivity index (χ4v) is 4.09. The number of likely N-dealkylation sites (tertiary alicyclic amines) is 1. The Morgan fingerprint density at radius 2 is 2.00 bits per heavy atom. The summed E-state index contributed by atoms with van der Waals surface area (Å²) in [6.45, 7) is 3.31. The van der Waals surface area contributed by atoms with E-state index in [1.807, 2.05) is 38.2 Å². The van der Waals surface area contributed by atoms with Crippen molar-refractivity contribution < 1.29 is 9.72 Å². The smallest absolute Gasteiger partial charge is 0.284 e. The molecular weight excluding hydrogens is 362 g/mol. The number of aryl methyl sites for hydroxylation is 1. The molecule has 0 spiro atoms. The largest absolute Gasteiger partial charge is 0.337 e. The van der Waals surface area contributed by atoms with E-state index in [4.69, 9.17) is 0 Å². The number of nitro groups is 1. The van der Waals surface area contributed by atoms with Gasteiger partial charge in [0.15, 0.2) is 0 Å². The second kappa shape index (κ2) is 8.54. The zero-order chi connectivity index (χ0) is 19.4. The molecular formula is C20H23N3O3S. The van der Waals surface area contributed by atoms with Crippen molar-refractivity contribution in [3.63, 3.8) is 0 Å². The number of nitro benzene ring substituents is 1. The highest BCUT2D eigenvalue weighted by Crippen LogP contribution is 2.35. The second-order valence-corrected chi connectivity index (χ2v) is 7.85. The molecule has 0 radical (unpaired) electrons. The summed E-state index contributed by atoms with van der Waals surface area (Å²) in [5.41, 5.74) is 1.47. The van der Waals surface area contributed by atoms with Crippen molar-refractivity contribution in [2.75, 3.05) is 20.1 Å². The van der Waals surface area contributed by atoms with Crippen LogP contribution in [0.4, 0.5) is 5.69 Å². The zero-order valence-electron chi connectivity index (χ0n) is 15.5. The summed E-state index contributed by atoms with van der Waals surface area (Å²) in [7, 11) is 1.89. The minimum atomic E-state index is -0.417. The highest BCUT2D eigenvalue weighted by molar-refractivity contribution is 7.99. The number of rotatable bonds is 5. The monoisotopic (exact) mass is 385 g/mol. The van der Waals surface area contributed by atoms with Gasteiger partial charge in [0.1, 0.15) is 0 Å². The summed E-state index contributed by atoms with van der Waals surface area (Å²) in [4.78, 5) is 27.2. The lowest BCUT2D eigenvalue weighted by Crippen LogP contribution is -2.46. The van der Waals surface area contributed by atoms with Gasteiger partial charge in [0, 0.05) is 35.7 Å². The molecule has 6 nitrogen and oxygen atoms in total. The first kappa shape index (κ1) is 19.4. The van der Waals surface area contributed by atoms with Crippen LogP contribution in [-0.2, 0) is 0 Å². The summed E-state index contributed by atoms with van der Waals surface area (Å²) in [6.07, 6.45) is 1.97. The van der Waals surface area contributed by atoms with Gasteiger partial charge in [-0.1, -0.05) is 29.5 Å². The minimum Gasteiger partial charge on any atom is -0.337 e. The van der Waals surface area contributed by atoms with E-state index in [0.29, 0.717) is 23.5 Å². The number of nitrogens with one attached hydrogen (secondary N) is 1. The van der Waals surface area contributed by atoms with Crippen molar-refractivity contribution in [2.24, 2.45) is 0 Å². The number of hydrogen-bond donors (Lipinski definition) is 1. The van der Waals surface area contributed by atoms with Crippen LogP contribution < -0.4 is 5.32 Å². The first-order valence-corrected chi connectivity index (χ1v) is 9.79. The topological polar surface area (TPSA) is 75.5 Å². The maximum atomic E-state index is 12.8. The Kier molecular flexibility index (Phi) is 6.13. The SMILES string of the molecule is CNC1CCCN(C(=O)c2ccc(Sc3ccc(C)cc3)c([N+](=O)[O-])c2)C1. The maximum Gasteiger partial charge on any atom is 0.284 e. The molecule has 2 aromatic carbocycles. The third-order valence-electron chi connectivity index (χ3n) is 4.77. The van der Waals surface area contributed by atoms with Crippen LogP contribution in [0, 0.1) is 17.0 Å². The van der Waals surface area contributed by atoms with Crippen LogP contribution in [0.5, 0.6) is 0 Å². The summed E-state index contributed by atoms with van der Waals surface area (Å²) in [5.74, 6) is -0.148. The van der Waals surface area contributed by atoms with Crippen LogP contribution in [0.15, 0.2) is 52.3 Å². The van der Waals surface area contributed by atoms with Gasteiger partial charge in [-0.05, 0) is 51.1 Å². The molecule has 1 N–H and O–H groups in total. The van der Waals surface area contributed by atoms with Gasteiger partial charge in [-0.2, -0.15) is 0 Å². The van der Waals surface area contributed by atoms with Crippen molar-refractivity contribution in [3.05, 3.63) is 63.7 Å². The normalized spacial score (nSPS) is 17.0. The number of nitrogens with zero attached hydrogens (tertiary/aromatic N) is 2. The molecule has 142 valence electrons. The van der Waals surface area contributed by atoms with Crippen molar-refractivity contribution in [3.8, 4) is 0 Å². The Bertz CT molecular complexity index is 839. The molecule has 2 aromatic rings.